The number of para-hydroxylation sites is 1. The molecule has 0 aromatic heterocycles. The van der Waals surface area contributed by atoms with Crippen molar-refractivity contribution in [2.24, 2.45) is 0 Å². The zero-order valence-electron chi connectivity index (χ0n) is 15.5. The highest BCUT2D eigenvalue weighted by molar-refractivity contribution is 6.03. The number of amides is 2. The molecule has 4 nitrogen and oxygen atoms in total. The maximum Gasteiger partial charge on any atom is 0.255 e. The fraction of sp³-hybridized carbons (Fsp3) is 0.167. The van der Waals surface area contributed by atoms with Gasteiger partial charge in [-0.2, -0.15) is 0 Å². The van der Waals surface area contributed by atoms with Crippen molar-refractivity contribution in [2.75, 3.05) is 5.32 Å². The Balaban J connectivity index is 1.76. The summed E-state index contributed by atoms with van der Waals surface area (Å²) in [7, 11) is 0. The molecule has 28 heavy (non-hydrogen) atoms. The van der Waals surface area contributed by atoms with Crippen molar-refractivity contribution in [1.82, 2.24) is 4.90 Å². The molecule has 1 aliphatic heterocycles. The lowest BCUT2D eigenvalue weighted by molar-refractivity contribution is -0.140. The number of nitrogens with one attached hydrogen (secondary N) is 1. The van der Waals surface area contributed by atoms with E-state index in [0.717, 1.165) is 16.8 Å². The highest BCUT2D eigenvalue weighted by atomic mass is 16.2. The monoisotopic (exact) mass is 370 g/mol. The van der Waals surface area contributed by atoms with Crippen molar-refractivity contribution in [2.45, 2.75) is 24.9 Å². The first-order chi connectivity index (χ1) is 13.7. The summed E-state index contributed by atoms with van der Waals surface area (Å²) in [5.41, 5.74) is 1.54. The Morgan fingerprint density at radius 3 is 2.07 bits per heavy atom. The number of benzene rings is 3. The second-order valence-electron chi connectivity index (χ2n) is 7.01. The molecule has 2 amide bonds. The molecule has 0 aliphatic carbocycles. The Hall–Kier alpha value is -3.40. The quantitative estimate of drug-likeness (QED) is 0.726. The normalized spacial score (nSPS) is 18.9. The highest BCUT2D eigenvalue weighted by Gasteiger charge is 2.52. The van der Waals surface area contributed by atoms with Crippen LogP contribution in [-0.4, -0.2) is 16.7 Å². The van der Waals surface area contributed by atoms with E-state index in [1.165, 1.54) is 0 Å². The van der Waals surface area contributed by atoms with E-state index in [4.69, 9.17) is 0 Å². The second kappa shape index (κ2) is 7.69. The average molecular weight is 370 g/mol. The summed E-state index contributed by atoms with van der Waals surface area (Å²) in [6, 6.07) is 28.8. The van der Waals surface area contributed by atoms with Crippen molar-refractivity contribution in [3.63, 3.8) is 0 Å². The minimum absolute atomic E-state index is 0.00378. The van der Waals surface area contributed by atoms with E-state index in [1.807, 2.05) is 91.0 Å². The highest BCUT2D eigenvalue weighted by Crippen LogP contribution is 2.41. The first kappa shape index (κ1) is 18.0. The molecule has 0 unspecified atom stereocenters. The van der Waals surface area contributed by atoms with E-state index in [2.05, 4.69) is 5.32 Å². The lowest BCUT2D eigenvalue weighted by atomic mass is 9.85. The van der Waals surface area contributed by atoms with Crippen LogP contribution in [0.5, 0.6) is 0 Å². The Kier molecular flexibility index (Phi) is 4.94. The molecule has 0 bridgehead atoms. The third kappa shape index (κ3) is 3.29. The molecule has 4 rings (SSSR count). The summed E-state index contributed by atoms with van der Waals surface area (Å²) in [6.45, 7) is 0.400. The van der Waals surface area contributed by atoms with Gasteiger partial charge in [0.1, 0.15) is 5.54 Å². The fourth-order valence-corrected chi connectivity index (χ4v) is 3.90. The van der Waals surface area contributed by atoms with Crippen LogP contribution in [0.3, 0.4) is 0 Å². The second-order valence-corrected chi connectivity index (χ2v) is 7.01. The molecule has 1 saturated heterocycles. The third-order valence-corrected chi connectivity index (χ3v) is 5.30. The molecule has 3 aromatic carbocycles. The summed E-state index contributed by atoms with van der Waals surface area (Å²) in [4.78, 5) is 28.2. The van der Waals surface area contributed by atoms with Gasteiger partial charge in [0, 0.05) is 18.7 Å². The minimum Gasteiger partial charge on any atom is -0.324 e. The zero-order valence-corrected chi connectivity index (χ0v) is 15.5. The zero-order chi connectivity index (χ0) is 19.4. The van der Waals surface area contributed by atoms with E-state index in [1.54, 1.807) is 4.90 Å². The largest absolute Gasteiger partial charge is 0.324 e. The Labute approximate surface area is 164 Å². The van der Waals surface area contributed by atoms with Crippen molar-refractivity contribution < 1.29 is 9.59 Å². The molecule has 0 radical (unpaired) electrons. The summed E-state index contributed by atoms with van der Waals surface area (Å²) in [5, 5.41) is 3.03. The fourth-order valence-electron chi connectivity index (χ4n) is 3.90. The summed E-state index contributed by atoms with van der Waals surface area (Å²) in [6.07, 6.45) is 0.811. The first-order valence-electron chi connectivity index (χ1n) is 9.46. The standard InChI is InChI=1S/C24H22N2O2/c27-22-16-17-24(20-12-6-2-7-13-20,23(28)25-21-14-8-3-9-15-21)26(22)18-19-10-4-1-5-11-19/h1-15H,16-18H2,(H,25,28)/t24-/m1/s1. The molecular weight excluding hydrogens is 348 g/mol. The lowest BCUT2D eigenvalue weighted by Gasteiger charge is -2.38. The average Bonchev–Trinajstić information content (AvgIpc) is 3.07. The smallest absolute Gasteiger partial charge is 0.255 e. The number of carbonyl (C=O) groups is 2. The lowest BCUT2D eigenvalue weighted by Crippen LogP contribution is -2.51. The maximum atomic E-state index is 13.6. The van der Waals surface area contributed by atoms with E-state index in [9.17, 15) is 9.59 Å². The van der Waals surface area contributed by atoms with Crippen molar-refractivity contribution in [3.05, 3.63) is 102 Å². The van der Waals surface area contributed by atoms with Crippen LogP contribution in [-0.2, 0) is 21.7 Å². The number of nitrogens with zero attached hydrogens (tertiary/aromatic N) is 1. The van der Waals surface area contributed by atoms with Gasteiger partial charge in [-0.3, -0.25) is 9.59 Å². The molecule has 140 valence electrons. The van der Waals surface area contributed by atoms with Gasteiger partial charge in [-0.25, -0.2) is 0 Å². The third-order valence-electron chi connectivity index (χ3n) is 5.30. The number of hydrogen-bond acceptors (Lipinski definition) is 2. The van der Waals surface area contributed by atoms with Crippen molar-refractivity contribution in [3.8, 4) is 0 Å². The molecular formula is C24H22N2O2. The van der Waals surface area contributed by atoms with E-state index in [0.29, 0.717) is 19.4 Å². The molecule has 1 N–H and O–H groups in total. The number of hydrogen-bond donors (Lipinski definition) is 1. The molecule has 0 spiro atoms. The van der Waals surface area contributed by atoms with Gasteiger partial charge in [0.15, 0.2) is 0 Å². The first-order valence-corrected chi connectivity index (χ1v) is 9.46. The van der Waals surface area contributed by atoms with Crippen LogP contribution in [0, 0.1) is 0 Å². The van der Waals surface area contributed by atoms with Crippen LogP contribution < -0.4 is 5.32 Å². The Morgan fingerprint density at radius 1 is 0.857 bits per heavy atom. The van der Waals surface area contributed by atoms with E-state index < -0.39 is 5.54 Å². The summed E-state index contributed by atoms with van der Waals surface area (Å²) in [5.74, 6) is -0.178. The van der Waals surface area contributed by atoms with Gasteiger partial charge in [-0.05, 0) is 29.7 Å². The molecule has 1 atom stereocenters. The molecule has 3 aromatic rings. The van der Waals surface area contributed by atoms with Gasteiger partial charge in [0.2, 0.25) is 5.91 Å². The molecule has 4 heteroatoms. The van der Waals surface area contributed by atoms with Crippen LogP contribution in [0.4, 0.5) is 5.69 Å². The molecule has 1 aliphatic rings. The van der Waals surface area contributed by atoms with Crippen LogP contribution in [0.1, 0.15) is 24.0 Å². The Bertz CT molecular complexity index is 958. The van der Waals surface area contributed by atoms with E-state index >= 15 is 0 Å². The van der Waals surface area contributed by atoms with E-state index in [-0.39, 0.29) is 11.8 Å². The molecule has 1 heterocycles. The van der Waals surface area contributed by atoms with Gasteiger partial charge in [0.05, 0.1) is 0 Å². The number of anilines is 1. The Morgan fingerprint density at radius 2 is 1.43 bits per heavy atom. The predicted octanol–water partition coefficient (Wildman–Crippen LogP) is 4.34. The van der Waals surface area contributed by atoms with Crippen LogP contribution in [0.2, 0.25) is 0 Å². The number of carbonyl (C=O) groups excluding carboxylic acids is 2. The number of rotatable bonds is 5. The summed E-state index contributed by atoms with van der Waals surface area (Å²) >= 11 is 0. The van der Waals surface area contributed by atoms with Crippen LogP contribution in [0.15, 0.2) is 91.0 Å². The van der Waals surface area contributed by atoms with Gasteiger partial charge >= 0.3 is 0 Å². The minimum atomic E-state index is -1.02. The van der Waals surface area contributed by atoms with Crippen LogP contribution in [0.25, 0.3) is 0 Å². The molecule has 1 fully saturated rings. The number of likely N-dealkylation sites (tertiary alicyclic amines) is 1. The van der Waals surface area contributed by atoms with Gasteiger partial charge < -0.3 is 10.2 Å². The predicted molar refractivity (Wildman–Crippen MR) is 109 cm³/mol. The maximum absolute atomic E-state index is 13.6. The van der Waals surface area contributed by atoms with Crippen molar-refractivity contribution in [1.29, 1.82) is 0 Å². The van der Waals surface area contributed by atoms with Gasteiger partial charge in [0.25, 0.3) is 5.91 Å². The van der Waals surface area contributed by atoms with Crippen molar-refractivity contribution >= 4 is 17.5 Å². The van der Waals surface area contributed by atoms with Gasteiger partial charge in [-0.15, -0.1) is 0 Å². The SMILES string of the molecule is O=C1CC[C@](C(=O)Nc2ccccc2)(c2ccccc2)N1Cc1ccccc1. The van der Waals surface area contributed by atoms with Crippen LogP contribution >= 0.6 is 0 Å². The summed E-state index contributed by atoms with van der Waals surface area (Å²) < 4.78 is 0. The molecule has 0 saturated carbocycles. The topological polar surface area (TPSA) is 49.4 Å². The van der Waals surface area contributed by atoms with Gasteiger partial charge in [-0.1, -0.05) is 78.9 Å².